The molecule has 4 saturated heterocycles. The maximum Gasteiger partial charge on any atom is 0.266 e. The molecule has 0 spiro atoms. The molecule has 14 nitrogen and oxygen atoms in total. The molecule has 342 valence electrons. The second-order valence-corrected chi connectivity index (χ2v) is 22.0. The summed E-state index contributed by atoms with van der Waals surface area (Å²) in [5.74, 6) is -2.05. The number of piperazine rings is 2. The van der Waals surface area contributed by atoms with Crippen molar-refractivity contribution in [3.63, 3.8) is 0 Å². The molecule has 6 aliphatic heterocycles. The molecule has 4 amide bonds. The first-order chi connectivity index (χ1) is 32.9. The molecule has 0 saturated carbocycles. The quantitative estimate of drug-likeness (QED) is 0.212. The van der Waals surface area contributed by atoms with Gasteiger partial charge < -0.3 is 20.4 Å². The molecule has 12 rings (SSSR count). The SMILES string of the molecule is O=C1N[C@@H](Cc2ccccc2)C(=O)N2[C@H]1C[C@]1([C@]34C[C@H]5C(=O)N[C@@H](Cc6ccccc6)C(=O)N5[C@H]3N(S(=O)(=O)c3ccccc3)c3ccccc34)c3ccccc3N(S(=O)(=O)c3ccccc3)[C@H]21. The predicted molar refractivity (Wildman–Crippen MR) is 251 cm³/mol. The van der Waals surface area contributed by atoms with Crippen LogP contribution in [0.4, 0.5) is 11.4 Å². The van der Waals surface area contributed by atoms with Gasteiger partial charge in [-0.25, -0.2) is 25.4 Å². The number of hydrogen-bond acceptors (Lipinski definition) is 8. The zero-order valence-corrected chi connectivity index (χ0v) is 38.0. The van der Waals surface area contributed by atoms with Crippen molar-refractivity contribution in [3.8, 4) is 0 Å². The monoisotopic (exact) mass is 944 g/mol. The van der Waals surface area contributed by atoms with Crippen LogP contribution in [0.25, 0.3) is 0 Å². The standard InChI is InChI=1S/C52H44N6O8S2/c59-45-43-31-51(37-25-13-15-27-41(37)57(67(63,64)35-21-9-3-10-22-35)49(51)55(43)47(61)39(53-45)29-33-17-5-1-6-18-33)52-32-44-46(60)54-40(30-34-19-7-2-8-20-34)48(62)56(44)50(52)58(42-28-16-14-26-38(42)52)68(65,66)36-23-11-4-12-24-36/h1-28,39-40,43-44,49-50H,29-32H2,(H,53,59)(H,54,60)/t39-,40-,43-,44-,49-,50-,51-,52-/m0/s1. The summed E-state index contributed by atoms with van der Waals surface area (Å²) in [6.45, 7) is 0. The van der Waals surface area contributed by atoms with Crippen molar-refractivity contribution < 1.29 is 36.0 Å². The molecule has 0 aliphatic carbocycles. The fraction of sp³-hybridized carbons (Fsp3) is 0.231. The summed E-state index contributed by atoms with van der Waals surface area (Å²) in [6.07, 6.45) is -3.14. The van der Waals surface area contributed by atoms with Gasteiger partial charge in [-0.05, 0) is 71.5 Å². The van der Waals surface area contributed by atoms with Crippen LogP contribution in [0.15, 0.2) is 180 Å². The third-order valence-corrected chi connectivity index (χ3v) is 18.7. The van der Waals surface area contributed by atoms with E-state index >= 15 is 26.4 Å². The van der Waals surface area contributed by atoms with Crippen molar-refractivity contribution in [3.05, 3.63) is 192 Å². The summed E-state index contributed by atoms with van der Waals surface area (Å²) in [6, 6.07) is 43.2. The van der Waals surface area contributed by atoms with Gasteiger partial charge >= 0.3 is 0 Å². The summed E-state index contributed by atoms with van der Waals surface area (Å²) in [5.41, 5.74) is -0.514. The summed E-state index contributed by atoms with van der Waals surface area (Å²) in [5, 5.41) is 5.97. The Bertz CT molecular complexity index is 3070. The van der Waals surface area contributed by atoms with Crippen LogP contribution in [0.5, 0.6) is 0 Å². The lowest BCUT2D eigenvalue weighted by molar-refractivity contribution is -0.149. The Morgan fingerprint density at radius 1 is 0.441 bits per heavy atom. The Labute approximate surface area is 393 Å². The lowest BCUT2D eigenvalue weighted by atomic mass is 9.54. The van der Waals surface area contributed by atoms with Gasteiger partial charge in [0.2, 0.25) is 23.6 Å². The number of rotatable bonds is 9. The molecule has 8 atom stereocenters. The van der Waals surface area contributed by atoms with Gasteiger partial charge in [0, 0.05) is 12.8 Å². The lowest BCUT2D eigenvalue weighted by Crippen LogP contribution is -2.69. The van der Waals surface area contributed by atoms with Gasteiger partial charge in [-0.1, -0.05) is 133 Å². The highest BCUT2D eigenvalue weighted by molar-refractivity contribution is 7.93. The zero-order chi connectivity index (χ0) is 46.7. The fourth-order valence-corrected chi connectivity index (χ4v) is 15.9. The Balaban J connectivity index is 1.15. The van der Waals surface area contributed by atoms with Crippen molar-refractivity contribution in [2.45, 2.75) is 82.8 Å². The number of amides is 4. The molecule has 6 heterocycles. The van der Waals surface area contributed by atoms with E-state index in [0.717, 1.165) is 11.1 Å². The summed E-state index contributed by atoms with van der Waals surface area (Å²) in [4.78, 5) is 63.8. The van der Waals surface area contributed by atoms with Crippen molar-refractivity contribution in [1.29, 1.82) is 0 Å². The second-order valence-electron chi connectivity index (χ2n) is 18.4. The van der Waals surface area contributed by atoms with Gasteiger partial charge in [0.05, 0.1) is 32.0 Å². The Hall–Kier alpha value is -7.30. The van der Waals surface area contributed by atoms with E-state index in [1.807, 2.05) is 60.7 Å². The smallest absolute Gasteiger partial charge is 0.266 e. The number of anilines is 2. The van der Waals surface area contributed by atoms with Gasteiger partial charge in [-0.2, -0.15) is 0 Å². The van der Waals surface area contributed by atoms with E-state index in [1.165, 1.54) is 42.7 Å². The first kappa shape index (κ1) is 42.1. The molecule has 6 aromatic carbocycles. The van der Waals surface area contributed by atoms with Crippen molar-refractivity contribution >= 4 is 55.1 Å². The minimum Gasteiger partial charge on any atom is -0.342 e. The number of hydrogen-bond donors (Lipinski definition) is 2. The van der Waals surface area contributed by atoms with Crippen LogP contribution in [0.3, 0.4) is 0 Å². The average Bonchev–Trinajstić information content (AvgIpc) is 4.07. The number of nitrogens with one attached hydrogen (secondary N) is 2. The molecule has 16 heteroatoms. The largest absolute Gasteiger partial charge is 0.342 e. The third kappa shape index (κ3) is 5.67. The van der Waals surface area contributed by atoms with Crippen molar-refractivity contribution in [1.82, 2.24) is 20.4 Å². The minimum absolute atomic E-state index is 0.0693. The van der Waals surface area contributed by atoms with E-state index in [4.69, 9.17) is 0 Å². The summed E-state index contributed by atoms with van der Waals surface area (Å²) in [7, 11) is -9.22. The summed E-state index contributed by atoms with van der Waals surface area (Å²) < 4.78 is 65.3. The number of para-hydroxylation sites is 2. The topological polar surface area (TPSA) is 174 Å². The van der Waals surface area contributed by atoms with Crippen LogP contribution in [0.1, 0.15) is 35.1 Å². The number of carbonyl (C=O) groups excluding carboxylic acids is 4. The first-order valence-corrected chi connectivity index (χ1v) is 25.5. The van der Waals surface area contributed by atoms with E-state index in [1.54, 1.807) is 84.9 Å². The molecule has 0 unspecified atom stereocenters. The molecule has 0 aromatic heterocycles. The normalized spacial score (nSPS) is 28.0. The highest BCUT2D eigenvalue weighted by Gasteiger charge is 2.82. The summed E-state index contributed by atoms with van der Waals surface area (Å²) >= 11 is 0. The highest BCUT2D eigenvalue weighted by Crippen LogP contribution is 2.72. The van der Waals surface area contributed by atoms with Gasteiger partial charge in [-0.3, -0.25) is 19.2 Å². The van der Waals surface area contributed by atoms with Crippen LogP contribution in [-0.2, 0) is 62.9 Å². The van der Waals surface area contributed by atoms with Crippen LogP contribution in [-0.4, -0.2) is 86.8 Å². The number of nitrogens with zero attached hydrogens (tertiary/aromatic N) is 4. The number of benzene rings is 6. The highest BCUT2D eigenvalue weighted by atomic mass is 32.2. The zero-order valence-electron chi connectivity index (χ0n) is 36.3. The van der Waals surface area contributed by atoms with Crippen molar-refractivity contribution in [2.75, 3.05) is 8.61 Å². The van der Waals surface area contributed by atoms with Crippen LogP contribution in [0, 0.1) is 0 Å². The second kappa shape index (κ2) is 15.1. The number of fused-ring (bicyclic) bond motifs is 11. The maximum absolute atomic E-state index is 15.7. The van der Waals surface area contributed by atoms with Gasteiger partial charge in [0.1, 0.15) is 36.5 Å². The lowest BCUT2D eigenvalue weighted by Gasteiger charge is -2.50. The minimum atomic E-state index is -4.61. The van der Waals surface area contributed by atoms with Gasteiger partial charge in [0.25, 0.3) is 20.0 Å². The molecule has 0 bridgehead atoms. The van der Waals surface area contributed by atoms with Gasteiger partial charge in [-0.15, -0.1) is 0 Å². The van der Waals surface area contributed by atoms with Crippen molar-refractivity contribution in [2.24, 2.45) is 0 Å². The van der Waals surface area contributed by atoms with Crippen LogP contribution in [0.2, 0.25) is 0 Å². The molecular formula is C52H44N6O8S2. The molecule has 6 aromatic rings. The average molecular weight is 945 g/mol. The Kier molecular flexibility index (Phi) is 9.35. The third-order valence-electron chi connectivity index (χ3n) is 15.1. The van der Waals surface area contributed by atoms with Gasteiger partial charge in [0.15, 0.2) is 0 Å². The van der Waals surface area contributed by atoms with E-state index in [0.29, 0.717) is 11.1 Å². The van der Waals surface area contributed by atoms with E-state index in [9.17, 15) is 9.59 Å². The predicted octanol–water partition coefficient (Wildman–Crippen LogP) is 4.62. The molecule has 0 radical (unpaired) electrons. The Morgan fingerprint density at radius 2 is 0.765 bits per heavy atom. The molecule has 2 N–H and O–H groups in total. The van der Waals surface area contributed by atoms with E-state index in [2.05, 4.69) is 10.6 Å². The first-order valence-electron chi connectivity index (χ1n) is 22.6. The van der Waals surface area contributed by atoms with E-state index in [-0.39, 0.29) is 46.8 Å². The Morgan fingerprint density at radius 3 is 1.13 bits per heavy atom. The fourth-order valence-electron chi connectivity index (χ4n) is 12.5. The maximum atomic E-state index is 15.7. The molecule has 4 fully saturated rings. The van der Waals surface area contributed by atoms with Crippen LogP contribution >= 0.6 is 0 Å². The molecule has 6 aliphatic rings. The van der Waals surface area contributed by atoms with E-state index < -0.39 is 91.0 Å². The molecule has 68 heavy (non-hydrogen) atoms. The molecular weight excluding hydrogens is 901 g/mol. The van der Waals surface area contributed by atoms with Crippen LogP contribution < -0.4 is 19.2 Å². The number of carbonyl (C=O) groups is 4. The number of sulfonamides is 2.